The minimum atomic E-state index is -0.614. The molecule has 0 fully saturated rings. The average Bonchev–Trinajstić information content (AvgIpc) is 2.85. The fourth-order valence-corrected chi connectivity index (χ4v) is 2.78. The molecular formula is C28H20O6U. The molecule has 4 rings (SSSR count). The molecule has 0 heterocycles. The molecule has 0 bridgehead atoms. The number of carbonyl (C=O) groups excluding carboxylic acids is 2. The molecule has 0 amide bonds. The molecule has 0 unspecified atom stereocenters. The minimum Gasteiger partial charge on any atom is -0.566 e. The topological polar surface area (TPSA) is 104 Å². The molecule has 0 atom stereocenters. The summed E-state index contributed by atoms with van der Waals surface area (Å²) in [5.74, 6) is -0.205. The van der Waals surface area contributed by atoms with Crippen molar-refractivity contribution in [3.8, 4) is 23.0 Å². The van der Waals surface area contributed by atoms with Gasteiger partial charge >= 0.3 is 37.1 Å². The molecule has 3 N–H and O–H groups in total. The van der Waals surface area contributed by atoms with Gasteiger partial charge < -0.3 is 24.9 Å². The van der Waals surface area contributed by atoms with Gasteiger partial charge in [-0.15, -0.1) is 35.4 Å². The Labute approximate surface area is 226 Å². The van der Waals surface area contributed by atoms with Gasteiger partial charge in [-0.1, -0.05) is 42.5 Å². The summed E-state index contributed by atoms with van der Waals surface area (Å²) in [6.07, 6.45) is 5.31. The van der Waals surface area contributed by atoms with E-state index in [-0.39, 0.29) is 59.5 Å². The summed E-state index contributed by atoms with van der Waals surface area (Å²) in [5.41, 5.74) is 2.06. The van der Waals surface area contributed by atoms with Crippen LogP contribution in [0.5, 0.6) is 23.0 Å². The Balaban J connectivity index is 0.000000366. The first-order valence-corrected chi connectivity index (χ1v) is 10.1. The third kappa shape index (κ3) is 8.49. The minimum absolute atomic E-state index is 0. The summed E-state index contributed by atoms with van der Waals surface area (Å²) in [7, 11) is 0. The van der Waals surface area contributed by atoms with E-state index in [1.807, 2.05) is 12.2 Å². The average molecular weight is 690 g/mol. The van der Waals surface area contributed by atoms with Crippen molar-refractivity contribution in [1.29, 1.82) is 0 Å². The van der Waals surface area contributed by atoms with E-state index in [9.17, 15) is 19.8 Å². The van der Waals surface area contributed by atoms with E-state index in [1.54, 1.807) is 66.9 Å². The van der Waals surface area contributed by atoms with Crippen molar-refractivity contribution in [1.82, 2.24) is 0 Å². The molecule has 0 aliphatic heterocycles. The van der Waals surface area contributed by atoms with Crippen molar-refractivity contribution in [2.24, 2.45) is 0 Å². The number of ether oxygens (including phenoxy) is 1. The number of carbonyl (C=O) groups is 1. The Hall–Kier alpha value is -3.79. The van der Waals surface area contributed by atoms with Gasteiger partial charge in [-0.25, -0.2) is 4.79 Å². The number of para-hydroxylation sites is 2. The molecule has 0 saturated carbocycles. The van der Waals surface area contributed by atoms with Gasteiger partial charge in [0.05, 0.1) is 6.29 Å². The fraction of sp³-hybridized carbons (Fsp3) is 0. The Bertz CT molecular complexity index is 1300. The molecule has 6 nitrogen and oxygen atoms in total. The summed E-state index contributed by atoms with van der Waals surface area (Å²) in [6, 6.07) is 27.2. The summed E-state index contributed by atoms with van der Waals surface area (Å²) in [6.45, 7) is 0. The molecule has 172 valence electrons. The first-order chi connectivity index (χ1) is 16.5. The van der Waals surface area contributed by atoms with Crippen LogP contribution in [0.15, 0.2) is 91.0 Å². The molecule has 4 aromatic rings. The van der Waals surface area contributed by atoms with Crippen molar-refractivity contribution < 1.29 is 60.8 Å². The maximum Gasteiger partial charge on any atom is 2.00 e. The Kier molecular flexibility index (Phi) is 10.8. The van der Waals surface area contributed by atoms with Crippen molar-refractivity contribution in [2.45, 2.75) is 0 Å². The fourth-order valence-electron chi connectivity index (χ4n) is 2.78. The van der Waals surface area contributed by atoms with E-state index in [0.29, 0.717) is 5.75 Å². The predicted octanol–water partition coefficient (Wildman–Crippen LogP) is 5.14. The Morgan fingerprint density at radius 3 is 2.03 bits per heavy atom. The number of esters is 1. The summed E-state index contributed by atoms with van der Waals surface area (Å²) in [4.78, 5) is 22.0. The number of aromatic hydroxyl groups is 3. The molecule has 0 spiro atoms. The second-order valence-electron chi connectivity index (χ2n) is 6.95. The second kappa shape index (κ2) is 13.8. The second-order valence-corrected chi connectivity index (χ2v) is 6.95. The zero-order valence-corrected chi connectivity index (χ0v) is 22.5. The zero-order chi connectivity index (χ0) is 24.3. The Morgan fingerprint density at radius 1 is 0.800 bits per heavy atom. The summed E-state index contributed by atoms with van der Waals surface area (Å²) >= 11 is 0. The van der Waals surface area contributed by atoms with Crippen molar-refractivity contribution in [2.75, 3.05) is 0 Å². The molecule has 0 saturated heterocycles. The first kappa shape index (κ1) is 27.5. The number of phenolic OH excluding ortho intramolecular Hbond substituents is 3. The summed E-state index contributed by atoms with van der Waals surface area (Å²) in [5, 5.41) is 27.9. The van der Waals surface area contributed by atoms with Gasteiger partial charge in [0.25, 0.3) is 0 Å². The first-order valence-electron chi connectivity index (χ1n) is 10.1. The predicted molar refractivity (Wildman–Crippen MR) is 128 cm³/mol. The van der Waals surface area contributed by atoms with Gasteiger partial charge in [0.15, 0.2) is 0 Å². The van der Waals surface area contributed by atoms with Gasteiger partial charge in [-0.2, -0.15) is 18.2 Å². The van der Waals surface area contributed by atoms with E-state index in [2.05, 4.69) is 6.07 Å². The van der Waals surface area contributed by atoms with Crippen LogP contribution < -0.4 is 4.74 Å². The maximum absolute atomic E-state index is 12.0. The van der Waals surface area contributed by atoms with Crippen molar-refractivity contribution >= 4 is 24.4 Å². The smallest absolute Gasteiger partial charge is 0.566 e. The van der Waals surface area contributed by atoms with E-state index < -0.39 is 5.97 Å². The number of phenols is 3. The third-order valence-electron chi connectivity index (χ3n) is 4.49. The third-order valence-corrected chi connectivity index (χ3v) is 4.49. The maximum atomic E-state index is 12.0. The van der Waals surface area contributed by atoms with Gasteiger partial charge in [0, 0.05) is 11.5 Å². The standard InChI is InChI=1S/C21H15O4.C7H5O2.U/c22-17-5-3-4-16(14-17)9-8-15-10-12-18(13-11-15)25-21(24)19-6-1-2-7-20(19)23;8-5-6-3-1-2-4-7(6)9;/h1-2,4-14,22-23H;1-4,9H;/q2*-1;+2/b9-8+;;. The van der Waals surface area contributed by atoms with Crippen LogP contribution in [-0.2, 0) is 4.79 Å². The van der Waals surface area contributed by atoms with Crippen LogP contribution in [0.3, 0.4) is 0 Å². The van der Waals surface area contributed by atoms with E-state index in [1.165, 1.54) is 30.3 Å². The molecule has 0 radical (unpaired) electrons. The molecule has 0 aromatic heterocycles. The van der Waals surface area contributed by atoms with Crippen LogP contribution in [0.1, 0.15) is 27.0 Å². The van der Waals surface area contributed by atoms with Crippen LogP contribution in [-0.4, -0.2) is 27.6 Å². The molecule has 35 heavy (non-hydrogen) atoms. The zero-order valence-electron chi connectivity index (χ0n) is 18.4. The van der Waals surface area contributed by atoms with Crippen LogP contribution in [0, 0.1) is 37.2 Å². The van der Waals surface area contributed by atoms with Crippen LogP contribution in [0.2, 0.25) is 0 Å². The van der Waals surface area contributed by atoms with E-state index in [0.717, 1.165) is 11.1 Å². The van der Waals surface area contributed by atoms with Crippen LogP contribution >= 0.6 is 0 Å². The molecule has 0 aliphatic rings. The number of rotatable bonds is 5. The van der Waals surface area contributed by atoms with Crippen molar-refractivity contribution in [3.63, 3.8) is 0 Å². The Morgan fingerprint density at radius 2 is 1.43 bits per heavy atom. The quantitative estimate of drug-likeness (QED) is 0.116. The molecule has 0 aliphatic carbocycles. The SMILES string of the molecule is O=C(Oc1ccc(/C=C/c2c[c-]cc(O)c2)cc1)c1ccccc1O.O=[C-]c1ccccc1O.[U+2]. The molecule has 7 heteroatoms. The number of hydrogen-bond acceptors (Lipinski definition) is 6. The monoisotopic (exact) mass is 690 g/mol. The van der Waals surface area contributed by atoms with Crippen LogP contribution in [0.25, 0.3) is 12.2 Å². The van der Waals surface area contributed by atoms with Crippen molar-refractivity contribution in [3.05, 3.63) is 119 Å². The van der Waals surface area contributed by atoms with E-state index >= 15 is 0 Å². The largest absolute Gasteiger partial charge is 2.00 e. The number of hydrogen-bond donors (Lipinski definition) is 3. The van der Waals surface area contributed by atoms with Gasteiger partial charge in [0.1, 0.15) is 17.1 Å². The normalized spacial score (nSPS) is 9.94. The van der Waals surface area contributed by atoms with Gasteiger partial charge in [0.2, 0.25) is 0 Å². The molecular weight excluding hydrogens is 670 g/mol. The molecule has 4 aromatic carbocycles. The van der Waals surface area contributed by atoms with Crippen LogP contribution in [0.4, 0.5) is 0 Å². The van der Waals surface area contributed by atoms with Gasteiger partial charge in [-0.3, -0.25) is 0 Å². The number of benzene rings is 4. The summed E-state index contributed by atoms with van der Waals surface area (Å²) < 4.78 is 5.25. The van der Waals surface area contributed by atoms with Gasteiger partial charge in [-0.05, 0) is 29.8 Å². The van der Waals surface area contributed by atoms with E-state index in [4.69, 9.17) is 9.84 Å².